The van der Waals surface area contributed by atoms with Crippen molar-refractivity contribution in [1.29, 1.82) is 0 Å². The van der Waals surface area contributed by atoms with Crippen molar-refractivity contribution in [2.75, 3.05) is 7.05 Å². The maximum Gasteiger partial charge on any atom is 0.102 e. The van der Waals surface area contributed by atoms with Gasteiger partial charge in [0, 0.05) is 59.6 Å². The van der Waals surface area contributed by atoms with Crippen molar-refractivity contribution in [3.63, 3.8) is 0 Å². The molecule has 0 saturated heterocycles. The van der Waals surface area contributed by atoms with Crippen LogP contribution in [-0.4, -0.2) is 27.7 Å². The van der Waals surface area contributed by atoms with E-state index in [1.54, 1.807) is 18.4 Å². The van der Waals surface area contributed by atoms with Crippen LogP contribution in [0.5, 0.6) is 0 Å². The van der Waals surface area contributed by atoms with Gasteiger partial charge < -0.3 is 4.90 Å². The Kier molecular flexibility index (Phi) is 18.1. The molecule has 1 atom stereocenters. The summed E-state index contributed by atoms with van der Waals surface area (Å²) in [6.45, 7) is 19.3. The third-order valence-electron chi connectivity index (χ3n) is 8.31. The Hall–Kier alpha value is -5.71. The van der Waals surface area contributed by atoms with Gasteiger partial charge in [0.15, 0.2) is 0 Å². The second-order valence-corrected chi connectivity index (χ2v) is 12.4. The van der Waals surface area contributed by atoms with Crippen LogP contribution in [0, 0.1) is 0 Å². The number of rotatable bonds is 14. The third kappa shape index (κ3) is 13.1. The summed E-state index contributed by atoms with van der Waals surface area (Å²) in [4.78, 5) is 7.12. The van der Waals surface area contributed by atoms with Crippen LogP contribution in [0.15, 0.2) is 195 Å². The summed E-state index contributed by atoms with van der Waals surface area (Å²) in [7, 11) is 2.11. The van der Waals surface area contributed by atoms with Gasteiger partial charge in [0.25, 0.3) is 0 Å². The van der Waals surface area contributed by atoms with Gasteiger partial charge in [-0.3, -0.25) is 9.99 Å². The molecule has 0 aliphatic carbocycles. The summed E-state index contributed by atoms with van der Waals surface area (Å²) >= 11 is 6.24. The quantitative estimate of drug-likeness (QED) is 0.0650. The zero-order valence-electron chi connectivity index (χ0n) is 31.8. The summed E-state index contributed by atoms with van der Waals surface area (Å²) in [6.07, 6.45) is 13.6. The van der Waals surface area contributed by atoms with Crippen molar-refractivity contribution in [3.05, 3.63) is 229 Å². The van der Waals surface area contributed by atoms with Crippen LogP contribution in [0.1, 0.15) is 73.3 Å². The fourth-order valence-electron chi connectivity index (χ4n) is 5.54. The van der Waals surface area contributed by atoms with E-state index in [1.807, 2.05) is 74.5 Å². The predicted molar refractivity (Wildman–Crippen MR) is 230 cm³/mol. The summed E-state index contributed by atoms with van der Waals surface area (Å²) in [5, 5.41) is 7.66. The van der Waals surface area contributed by atoms with Gasteiger partial charge in [-0.15, -0.1) is 0 Å². The van der Waals surface area contributed by atoms with E-state index in [1.165, 1.54) is 5.56 Å². The number of aromatic nitrogens is 1. The lowest BCUT2D eigenvalue weighted by molar-refractivity contribution is 0.334. The fraction of sp³-hybridized carbons (Fsp3) is 0.167. The van der Waals surface area contributed by atoms with Gasteiger partial charge in [0.05, 0.1) is 6.04 Å². The molecule has 0 saturated carbocycles. The molecule has 5 rings (SSSR count). The highest BCUT2D eigenvalue weighted by Gasteiger charge is 2.20. The number of nitrogens with zero attached hydrogens (tertiary/aromatic N) is 4. The van der Waals surface area contributed by atoms with Gasteiger partial charge >= 0.3 is 0 Å². The molecular formula is C48H53ClN4. The number of hydrazone groups is 1. The summed E-state index contributed by atoms with van der Waals surface area (Å²) in [6, 6.07) is 43.6. The molecule has 4 aromatic carbocycles. The van der Waals surface area contributed by atoms with E-state index >= 15 is 0 Å². The Morgan fingerprint density at radius 3 is 1.66 bits per heavy atom. The second kappa shape index (κ2) is 23.0. The third-order valence-corrected chi connectivity index (χ3v) is 8.56. The molecule has 0 amide bonds. The highest BCUT2D eigenvalue weighted by atomic mass is 35.5. The van der Waals surface area contributed by atoms with E-state index in [9.17, 15) is 0 Å². The number of benzene rings is 4. The summed E-state index contributed by atoms with van der Waals surface area (Å²) in [5.41, 5.74) is 8.62. The van der Waals surface area contributed by atoms with E-state index in [-0.39, 0.29) is 12.1 Å². The van der Waals surface area contributed by atoms with Crippen LogP contribution in [0.2, 0.25) is 5.02 Å². The lowest BCUT2D eigenvalue weighted by Gasteiger charge is -2.28. The minimum absolute atomic E-state index is 0.0856. The first-order chi connectivity index (χ1) is 25.8. The SMILES string of the molecule is C=C/C=C\C=C.C=CN(/N=C(/C)Cc1ccc(/C(=C\N(C)[C@H](C)c2ccccc2)c2ccc(Cl)cc2)cn1)C(c1ccccc1)c1ccccc1.CC. The lowest BCUT2D eigenvalue weighted by atomic mass is 9.98. The Morgan fingerprint density at radius 1 is 0.717 bits per heavy atom. The first-order valence-corrected chi connectivity index (χ1v) is 18.4. The largest absolute Gasteiger partial charge is 0.373 e. The molecule has 0 aliphatic rings. The minimum Gasteiger partial charge on any atom is -0.373 e. The van der Waals surface area contributed by atoms with Crippen molar-refractivity contribution in [1.82, 2.24) is 14.9 Å². The maximum absolute atomic E-state index is 6.24. The molecule has 53 heavy (non-hydrogen) atoms. The van der Waals surface area contributed by atoms with Gasteiger partial charge in [-0.2, -0.15) is 5.10 Å². The normalized spacial score (nSPS) is 11.8. The first-order valence-electron chi connectivity index (χ1n) is 18.0. The van der Waals surface area contributed by atoms with Crippen LogP contribution < -0.4 is 0 Å². The predicted octanol–water partition coefficient (Wildman–Crippen LogP) is 12.9. The van der Waals surface area contributed by atoms with Crippen molar-refractivity contribution in [3.8, 4) is 0 Å². The van der Waals surface area contributed by atoms with E-state index in [0.29, 0.717) is 11.4 Å². The van der Waals surface area contributed by atoms with Crippen molar-refractivity contribution < 1.29 is 0 Å². The molecule has 0 N–H and O–H groups in total. The van der Waals surface area contributed by atoms with Crippen molar-refractivity contribution in [2.24, 2.45) is 5.10 Å². The van der Waals surface area contributed by atoms with Crippen molar-refractivity contribution in [2.45, 2.75) is 46.2 Å². The molecule has 5 aromatic rings. The zero-order chi connectivity index (χ0) is 38.4. The van der Waals surface area contributed by atoms with Gasteiger partial charge in [0.2, 0.25) is 0 Å². The molecule has 0 spiro atoms. The fourth-order valence-corrected chi connectivity index (χ4v) is 5.67. The Balaban J connectivity index is 0.000000860. The molecule has 0 aliphatic heterocycles. The number of pyridine rings is 1. The summed E-state index contributed by atoms with van der Waals surface area (Å²) < 4.78 is 0. The molecular weight excluding hydrogens is 668 g/mol. The molecule has 1 heterocycles. The van der Waals surface area contributed by atoms with E-state index < -0.39 is 0 Å². The van der Waals surface area contributed by atoms with Gasteiger partial charge in [-0.05, 0) is 54.3 Å². The number of hydrogen-bond donors (Lipinski definition) is 0. The van der Waals surface area contributed by atoms with Crippen LogP contribution >= 0.6 is 11.6 Å². The van der Waals surface area contributed by atoms with E-state index in [4.69, 9.17) is 21.7 Å². The minimum atomic E-state index is -0.0856. The van der Waals surface area contributed by atoms with Gasteiger partial charge in [-0.1, -0.05) is 179 Å². The standard InChI is InChI=1S/C40H39ClN4.C6H8.C2H6/c1-5-45(40(34-17-11-7-12-18-34)35-19-13-8-14-20-35)43-30(2)27-38-26-23-36(28-42-38)39(33-21-24-37(41)25-22-33)29-44(4)31(3)32-15-9-6-10-16-32;1-3-5-6-4-2;1-2/h5-26,28-29,31,40H,1,27H2,2-4H3;3-6H,1-2H2;1-2H3/b39-29-,43-30-;6-5-;/t31-;;/m1../s1. The number of halogens is 1. The first kappa shape index (κ1) is 41.7. The molecule has 5 heteroatoms. The number of allylic oxidation sites excluding steroid dienone is 4. The average molecular weight is 721 g/mol. The Labute approximate surface area is 323 Å². The van der Waals surface area contributed by atoms with Crippen LogP contribution in [-0.2, 0) is 6.42 Å². The monoisotopic (exact) mass is 720 g/mol. The lowest BCUT2D eigenvalue weighted by Crippen LogP contribution is -2.21. The molecule has 0 radical (unpaired) electrons. The molecule has 272 valence electrons. The van der Waals surface area contributed by atoms with Gasteiger partial charge in [0.1, 0.15) is 6.04 Å². The van der Waals surface area contributed by atoms with Crippen LogP contribution in [0.3, 0.4) is 0 Å². The summed E-state index contributed by atoms with van der Waals surface area (Å²) in [5.74, 6) is 0. The average Bonchev–Trinajstić information content (AvgIpc) is 3.21. The smallest absolute Gasteiger partial charge is 0.102 e. The van der Waals surface area contributed by atoms with E-state index in [2.05, 4.69) is 142 Å². The Morgan fingerprint density at radius 2 is 1.21 bits per heavy atom. The molecule has 0 unspecified atom stereocenters. The zero-order valence-corrected chi connectivity index (χ0v) is 32.6. The molecule has 4 nitrogen and oxygen atoms in total. The topological polar surface area (TPSA) is 31.7 Å². The molecule has 0 fully saturated rings. The maximum atomic E-state index is 6.24. The highest BCUT2D eigenvalue weighted by molar-refractivity contribution is 6.30. The van der Waals surface area contributed by atoms with Crippen LogP contribution in [0.4, 0.5) is 0 Å². The second-order valence-electron chi connectivity index (χ2n) is 12.0. The molecule has 1 aromatic heterocycles. The highest BCUT2D eigenvalue weighted by Crippen LogP contribution is 2.30. The Bertz CT molecular complexity index is 1850. The van der Waals surface area contributed by atoms with Crippen LogP contribution in [0.25, 0.3) is 5.57 Å². The van der Waals surface area contributed by atoms with E-state index in [0.717, 1.165) is 39.2 Å². The molecule has 0 bridgehead atoms. The van der Waals surface area contributed by atoms with Crippen molar-refractivity contribution >= 4 is 22.9 Å². The number of hydrogen-bond acceptors (Lipinski definition) is 4. The van der Waals surface area contributed by atoms with Gasteiger partial charge in [-0.25, -0.2) is 0 Å².